The minimum Gasteiger partial charge on any atom is -0.462 e. The number of nitriles is 1. The van der Waals surface area contributed by atoms with E-state index in [1.807, 2.05) is 6.07 Å². The lowest BCUT2D eigenvalue weighted by Crippen LogP contribution is -2.31. The molecule has 2 amide bonds. The van der Waals surface area contributed by atoms with Crippen molar-refractivity contribution in [1.82, 2.24) is 0 Å². The summed E-state index contributed by atoms with van der Waals surface area (Å²) in [6.45, 7) is 3.65. The summed E-state index contributed by atoms with van der Waals surface area (Å²) in [5.41, 5.74) is 2.07. The van der Waals surface area contributed by atoms with Gasteiger partial charge in [-0.05, 0) is 55.5 Å². The van der Waals surface area contributed by atoms with E-state index in [0.29, 0.717) is 29.1 Å². The monoisotopic (exact) mass is 379 g/mol. The first-order chi connectivity index (χ1) is 13.4. The normalized spacial score (nSPS) is 9.89. The fraction of sp³-hybridized carbons (Fsp3) is 0.238. The van der Waals surface area contributed by atoms with Gasteiger partial charge in [0.05, 0.1) is 23.8 Å². The second kappa shape index (κ2) is 9.88. The summed E-state index contributed by atoms with van der Waals surface area (Å²) >= 11 is 0. The lowest BCUT2D eigenvalue weighted by atomic mass is 10.2. The van der Waals surface area contributed by atoms with Gasteiger partial charge in [-0.25, -0.2) is 4.79 Å². The minimum absolute atomic E-state index is 0.0964. The van der Waals surface area contributed by atoms with E-state index in [1.165, 1.54) is 11.8 Å². The molecule has 1 N–H and O–H groups in total. The number of nitrogens with one attached hydrogen (secondary N) is 1. The molecule has 28 heavy (non-hydrogen) atoms. The smallest absolute Gasteiger partial charge is 0.338 e. The highest BCUT2D eigenvalue weighted by atomic mass is 16.5. The van der Waals surface area contributed by atoms with Gasteiger partial charge in [-0.2, -0.15) is 5.26 Å². The lowest BCUT2D eigenvalue weighted by molar-refractivity contribution is -0.117. The average Bonchev–Trinajstić information content (AvgIpc) is 2.69. The molecule has 2 aromatic rings. The number of nitrogens with zero attached hydrogens (tertiary/aromatic N) is 2. The Kier molecular flexibility index (Phi) is 7.28. The molecule has 2 aromatic carbocycles. The number of esters is 1. The van der Waals surface area contributed by atoms with Crippen LogP contribution in [-0.2, 0) is 14.3 Å². The Balaban J connectivity index is 1.94. The number of hydrogen-bond acceptors (Lipinski definition) is 5. The van der Waals surface area contributed by atoms with Crippen LogP contribution >= 0.6 is 0 Å². The summed E-state index contributed by atoms with van der Waals surface area (Å²) in [4.78, 5) is 37.2. The van der Waals surface area contributed by atoms with Gasteiger partial charge in [-0.1, -0.05) is 0 Å². The van der Waals surface area contributed by atoms with Crippen LogP contribution in [0, 0.1) is 11.3 Å². The molecule has 0 aliphatic rings. The van der Waals surface area contributed by atoms with Gasteiger partial charge in [0.2, 0.25) is 11.8 Å². The molecule has 7 heteroatoms. The largest absolute Gasteiger partial charge is 0.462 e. The van der Waals surface area contributed by atoms with Gasteiger partial charge in [0, 0.05) is 31.3 Å². The van der Waals surface area contributed by atoms with Crippen molar-refractivity contribution in [2.75, 3.05) is 23.4 Å². The van der Waals surface area contributed by atoms with E-state index in [4.69, 9.17) is 10.00 Å². The highest BCUT2D eigenvalue weighted by molar-refractivity contribution is 5.95. The maximum Gasteiger partial charge on any atom is 0.338 e. The fourth-order valence-corrected chi connectivity index (χ4v) is 2.53. The summed E-state index contributed by atoms with van der Waals surface area (Å²) in [7, 11) is 0. The zero-order chi connectivity index (χ0) is 20.5. The van der Waals surface area contributed by atoms with Crippen molar-refractivity contribution < 1.29 is 19.1 Å². The number of rotatable bonds is 7. The molecule has 2 rings (SSSR count). The van der Waals surface area contributed by atoms with Crippen molar-refractivity contribution in [1.29, 1.82) is 5.26 Å². The van der Waals surface area contributed by atoms with Crippen molar-refractivity contribution in [3.05, 3.63) is 59.7 Å². The quantitative estimate of drug-likeness (QED) is 0.745. The molecule has 0 atom stereocenters. The van der Waals surface area contributed by atoms with Gasteiger partial charge in [0.25, 0.3) is 0 Å². The van der Waals surface area contributed by atoms with Crippen molar-refractivity contribution >= 4 is 29.2 Å². The third-order valence-electron chi connectivity index (χ3n) is 3.93. The van der Waals surface area contributed by atoms with Gasteiger partial charge >= 0.3 is 5.97 Å². The van der Waals surface area contributed by atoms with Crippen molar-refractivity contribution in [3.8, 4) is 6.07 Å². The Hall–Kier alpha value is -3.66. The molecule has 0 saturated heterocycles. The van der Waals surface area contributed by atoms with E-state index in [9.17, 15) is 14.4 Å². The number of benzene rings is 2. The van der Waals surface area contributed by atoms with Crippen molar-refractivity contribution in [2.45, 2.75) is 20.3 Å². The first-order valence-electron chi connectivity index (χ1n) is 8.80. The van der Waals surface area contributed by atoms with Gasteiger partial charge in [-0.15, -0.1) is 0 Å². The van der Waals surface area contributed by atoms with Crippen molar-refractivity contribution in [2.24, 2.45) is 0 Å². The molecule has 0 bridgehead atoms. The third kappa shape index (κ3) is 5.68. The number of anilines is 2. The number of ether oxygens (including phenoxy) is 1. The second-order valence-electron chi connectivity index (χ2n) is 5.93. The number of carbonyl (C=O) groups excluding carboxylic acids is 3. The molecule has 0 spiro atoms. The van der Waals surface area contributed by atoms with E-state index in [1.54, 1.807) is 55.5 Å². The fourth-order valence-electron chi connectivity index (χ4n) is 2.53. The molecule has 0 aliphatic heterocycles. The van der Waals surface area contributed by atoms with Gasteiger partial charge < -0.3 is 15.0 Å². The van der Waals surface area contributed by atoms with Crippen LogP contribution in [0.1, 0.15) is 36.2 Å². The second-order valence-corrected chi connectivity index (χ2v) is 5.93. The first-order valence-corrected chi connectivity index (χ1v) is 8.80. The highest BCUT2D eigenvalue weighted by Gasteiger charge is 2.14. The number of carbonyl (C=O) groups is 3. The molecular weight excluding hydrogens is 358 g/mol. The molecule has 0 unspecified atom stereocenters. The Morgan fingerprint density at radius 2 is 1.71 bits per heavy atom. The Bertz CT molecular complexity index is 883. The molecule has 7 nitrogen and oxygen atoms in total. The van der Waals surface area contributed by atoms with E-state index in [0.717, 1.165) is 0 Å². The Morgan fingerprint density at radius 3 is 2.25 bits per heavy atom. The first kappa shape index (κ1) is 20.6. The maximum atomic E-state index is 12.2. The Morgan fingerprint density at radius 1 is 1.07 bits per heavy atom. The summed E-state index contributed by atoms with van der Waals surface area (Å²) in [6, 6.07) is 15.0. The molecule has 0 aliphatic carbocycles. The van der Waals surface area contributed by atoms with Crippen LogP contribution in [0.3, 0.4) is 0 Å². The number of hydrogen-bond donors (Lipinski definition) is 1. The SMILES string of the molecule is CCOC(=O)c1ccc(NC(=O)CCN(C(C)=O)c2ccc(C#N)cc2)cc1. The summed E-state index contributed by atoms with van der Waals surface area (Å²) < 4.78 is 4.91. The van der Waals surface area contributed by atoms with Gasteiger partial charge in [0.15, 0.2) is 0 Å². The van der Waals surface area contributed by atoms with Crippen LogP contribution in [0.2, 0.25) is 0 Å². The molecule has 0 radical (unpaired) electrons. The molecular formula is C21H21N3O4. The van der Waals surface area contributed by atoms with E-state index in [2.05, 4.69) is 5.32 Å². The van der Waals surface area contributed by atoms with E-state index < -0.39 is 5.97 Å². The summed E-state index contributed by atoms with van der Waals surface area (Å²) in [5, 5.41) is 11.6. The minimum atomic E-state index is -0.417. The van der Waals surface area contributed by atoms with E-state index >= 15 is 0 Å². The maximum absolute atomic E-state index is 12.2. The standard InChI is InChI=1S/C21H21N3O4/c1-3-28-21(27)17-6-8-18(9-7-17)23-20(26)12-13-24(15(2)25)19-10-4-16(14-22)5-11-19/h4-11H,3,12-13H2,1-2H3,(H,23,26). The molecule has 0 heterocycles. The molecule has 0 aromatic heterocycles. The van der Waals surface area contributed by atoms with Crippen LogP contribution in [0.4, 0.5) is 11.4 Å². The highest BCUT2D eigenvalue weighted by Crippen LogP contribution is 2.16. The number of amides is 2. The van der Waals surface area contributed by atoms with Gasteiger partial charge in [-0.3, -0.25) is 9.59 Å². The average molecular weight is 379 g/mol. The van der Waals surface area contributed by atoms with Gasteiger partial charge in [0.1, 0.15) is 0 Å². The predicted octanol–water partition coefficient (Wildman–Crippen LogP) is 3.12. The lowest BCUT2D eigenvalue weighted by Gasteiger charge is -2.21. The summed E-state index contributed by atoms with van der Waals surface area (Å²) in [6.07, 6.45) is 0.0964. The molecule has 144 valence electrons. The third-order valence-corrected chi connectivity index (χ3v) is 3.93. The van der Waals surface area contributed by atoms with E-state index in [-0.39, 0.29) is 24.8 Å². The van der Waals surface area contributed by atoms with Crippen LogP contribution in [-0.4, -0.2) is 30.9 Å². The van der Waals surface area contributed by atoms with Crippen LogP contribution in [0.5, 0.6) is 0 Å². The zero-order valence-corrected chi connectivity index (χ0v) is 15.8. The molecule has 0 saturated carbocycles. The predicted molar refractivity (Wildman–Crippen MR) is 105 cm³/mol. The van der Waals surface area contributed by atoms with Crippen LogP contribution in [0.25, 0.3) is 0 Å². The zero-order valence-electron chi connectivity index (χ0n) is 15.8. The summed E-state index contributed by atoms with van der Waals surface area (Å²) in [5.74, 6) is -0.875. The van der Waals surface area contributed by atoms with Crippen molar-refractivity contribution in [3.63, 3.8) is 0 Å². The van der Waals surface area contributed by atoms with Crippen LogP contribution in [0.15, 0.2) is 48.5 Å². The Labute approximate surface area is 163 Å². The van der Waals surface area contributed by atoms with Crippen LogP contribution < -0.4 is 10.2 Å². The topological polar surface area (TPSA) is 99.5 Å². The molecule has 0 fully saturated rings.